The van der Waals surface area contributed by atoms with E-state index >= 15 is 0 Å². The van der Waals surface area contributed by atoms with Crippen LogP contribution in [0, 0.1) is 62.6 Å². The van der Waals surface area contributed by atoms with Crippen molar-refractivity contribution >= 4 is 11.6 Å². The summed E-state index contributed by atoms with van der Waals surface area (Å²) >= 11 is 0. The lowest BCUT2D eigenvalue weighted by molar-refractivity contribution is -0.205. The van der Waals surface area contributed by atoms with Gasteiger partial charge < -0.3 is 5.11 Å². The monoisotopic (exact) mass is 481 g/mol. The van der Waals surface area contributed by atoms with Crippen LogP contribution in [0.15, 0.2) is 11.6 Å². The second-order valence-corrected chi connectivity index (χ2v) is 14.2. The van der Waals surface area contributed by atoms with Crippen molar-refractivity contribution in [1.82, 2.24) is 0 Å². The summed E-state index contributed by atoms with van der Waals surface area (Å²) in [6.07, 6.45) is 8.92. The number of allylic oxidation sites excluding steroid dienone is 2. The van der Waals surface area contributed by atoms with E-state index in [2.05, 4.69) is 33.8 Å². The molecule has 5 aliphatic rings. The minimum absolute atomic E-state index is 0.0136. The van der Waals surface area contributed by atoms with Crippen molar-refractivity contribution in [2.45, 2.75) is 112 Å². The smallest absolute Gasteiger partial charge is 0.178 e. The zero-order chi connectivity index (χ0) is 26.2. The number of Topliss-reactive ketones (excluding diaryl/α,β-unsaturated/α-hetero) is 2. The van der Waals surface area contributed by atoms with Gasteiger partial charge in [0.1, 0.15) is 11.9 Å². The van der Waals surface area contributed by atoms with Crippen LogP contribution in [0.4, 0.5) is 0 Å². The summed E-state index contributed by atoms with van der Waals surface area (Å²) in [4.78, 5) is 27.0. The van der Waals surface area contributed by atoms with E-state index in [-0.39, 0.29) is 57.2 Å². The molecule has 0 radical (unpaired) electrons. The van der Waals surface area contributed by atoms with Gasteiger partial charge in [-0.15, -0.1) is 0 Å². The van der Waals surface area contributed by atoms with E-state index < -0.39 is 11.0 Å². The molecule has 0 aromatic heterocycles. The summed E-state index contributed by atoms with van der Waals surface area (Å²) in [6, 6.07) is 2.19. The highest BCUT2D eigenvalue weighted by Crippen LogP contribution is 2.70. The molecule has 0 aromatic rings. The quantitative estimate of drug-likeness (QED) is 0.419. The highest BCUT2D eigenvalue weighted by Gasteiger charge is 2.68. The van der Waals surface area contributed by atoms with Crippen molar-refractivity contribution in [3.63, 3.8) is 0 Å². The molecular weight excluding hydrogens is 434 g/mol. The molecular formula is C31H47NO3. The Kier molecular flexibility index (Phi) is 6.28. The van der Waals surface area contributed by atoms with Crippen molar-refractivity contribution in [1.29, 1.82) is 5.26 Å². The lowest BCUT2D eigenvalue weighted by Crippen LogP contribution is -2.65. The molecule has 0 heterocycles. The highest BCUT2D eigenvalue weighted by atomic mass is 16.3. The fourth-order valence-corrected chi connectivity index (χ4v) is 9.89. The molecule has 8 atom stereocenters. The number of aliphatic hydroxyl groups is 1. The van der Waals surface area contributed by atoms with Crippen LogP contribution < -0.4 is 0 Å². The number of hydrogen-bond acceptors (Lipinski definition) is 4. The molecule has 4 saturated carbocycles. The maximum absolute atomic E-state index is 14.0. The predicted molar refractivity (Wildman–Crippen MR) is 138 cm³/mol. The number of nitrogens with zero attached hydrogens (tertiary/aromatic N) is 1. The predicted octanol–water partition coefficient (Wildman–Crippen LogP) is 6.67. The Labute approximate surface area is 212 Å². The van der Waals surface area contributed by atoms with Crippen LogP contribution in [-0.2, 0) is 9.59 Å². The largest absolute Gasteiger partial charge is 0.390 e. The highest BCUT2D eigenvalue weighted by molar-refractivity contribution is 6.04. The van der Waals surface area contributed by atoms with Gasteiger partial charge in [0.15, 0.2) is 5.78 Å². The van der Waals surface area contributed by atoms with Crippen molar-refractivity contribution in [2.24, 2.45) is 51.2 Å². The zero-order valence-corrected chi connectivity index (χ0v) is 23.3. The molecule has 4 fully saturated rings. The Morgan fingerprint density at radius 1 is 0.914 bits per heavy atom. The number of hydrogen-bond donors (Lipinski definition) is 1. The molecule has 0 amide bonds. The molecule has 0 aromatic carbocycles. The maximum atomic E-state index is 14.0. The van der Waals surface area contributed by atoms with Crippen LogP contribution in [0.5, 0.6) is 0 Å². The van der Waals surface area contributed by atoms with E-state index in [0.29, 0.717) is 12.2 Å². The first-order valence-electron chi connectivity index (χ1n) is 14.1. The Morgan fingerprint density at radius 3 is 2.20 bits per heavy atom. The zero-order valence-electron chi connectivity index (χ0n) is 23.3. The third kappa shape index (κ3) is 3.62. The van der Waals surface area contributed by atoms with Gasteiger partial charge in [0.25, 0.3) is 0 Å². The van der Waals surface area contributed by atoms with Gasteiger partial charge in [-0.25, -0.2) is 0 Å². The average molecular weight is 482 g/mol. The molecule has 5 aliphatic carbocycles. The SMILES string of the molecule is CC.CC1(C)CCC2(O)CCC3C(C(=O)CC4C5(C)C=C(C#N)C(=O)C(C)(C)C5CCC34C)C2C1. The van der Waals surface area contributed by atoms with E-state index in [9.17, 15) is 20.0 Å². The molecule has 4 heteroatoms. The van der Waals surface area contributed by atoms with Gasteiger partial charge >= 0.3 is 0 Å². The maximum Gasteiger partial charge on any atom is 0.178 e. The number of nitriles is 1. The van der Waals surface area contributed by atoms with E-state index in [1.54, 1.807) is 0 Å². The van der Waals surface area contributed by atoms with Crippen molar-refractivity contribution in [3.8, 4) is 6.07 Å². The molecule has 194 valence electrons. The summed E-state index contributed by atoms with van der Waals surface area (Å²) in [6.45, 7) is 17.2. The number of ketones is 2. The molecule has 1 N–H and O–H groups in total. The standard InChI is InChI=1S/C29H41NO3.C2H6/c1-25(2)11-12-29(33)10-7-18-23(19(29)15-25)20(31)13-22-27(18,5)9-8-21-26(3,4)24(32)17(16-30)14-28(21,22)6;1-2/h14,18-19,21-23,33H,7-13,15H2,1-6H3;1-2H3. The Morgan fingerprint density at radius 2 is 1.57 bits per heavy atom. The number of carbonyl (C=O) groups is 2. The molecule has 0 bridgehead atoms. The van der Waals surface area contributed by atoms with Gasteiger partial charge in [-0.2, -0.15) is 5.26 Å². The van der Waals surface area contributed by atoms with Crippen molar-refractivity contribution in [3.05, 3.63) is 11.6 Å². The molecule has 8 unspecified atom stereocenters. The lowest BCUT2D eigenvalue weighted by atomic mass is 9.36. The van der Waals surface area contributed by atoms with E-state index in [1.807, 2.05) is 33.8 Å². The average Bonchev–Trinajstić information content (AvgIpc) is 2.79. The number of rotatable bonds is 0. The first-order valence-corrected chi connectivity index (χ1v) is 14.1. The minimum atomic E-state index is -0.691. The summed E-state index contributed by atoms with van der Waals surface area (Å²) in [7, 11) is 0. The third-order valence-corrected chi connectivity index (χ3v) is 11.6. The number of fused-ring (bicyclic) bond motifs is 7. The van der Waals surface area contributed by atoms with E-state index in [0.717, 1.165) is 44.9 Å². The van der Waals surface area contributed by atoms with Crippen LogP contribution in [0.3, 0.4) is 0 Å². The fraction of sp³-hybridized carbons (Fsp3) is 0.839. The van der Waals surface area contributed by atoms with Gasteiger partial charge in [0.2, 0.25) is 0 Å². The lowest BCUT2D eigenvalue weighted by Gasteiger charge is -2.67. The molecule has 4 nitrogen and oxygen atoms in total. The van der Waals surface area contributed by atoms with Crippen molar-refractivity contribution < 1.29 is 14.7 Å². The first kappa shape index (κ1) is 26.6. The Balaban J connectivity index is 0.00000141. The van der Waals surface area contributed by atoms with Crippen LogP contribution in [0.25, 0.3) is 0 Å². The van der Waals surface area contributed by atoms with Crippen molar-refractivity contribution in [2.75, 3.05) is 0 Å². The first-order chi connectivity index (χ1) is 16.2. The Hall–Kier alpha value is -1.47. The normalized spacial score (nSPS) is 47.4. The van der Waals surface area contributed by atoms with Crippen LogP contribution >= 0.6 is 0 Å². The minimum Gasteiger partial charge on any atom is -0.390 e. The fourth-order valence-electron chi connectivity index (χ4n) is 9.89. The molecule has 5 rings (SSSR count). The summed E-state index contributed by atoms with van der Waals surface area (Å²) in [5.74, 6) is 0.852. The second-order valence-electron chi connectivity index (χ2n) is 14.2. The summed E-state index contributed by atoms with van der Waals surface area (Å²) in [5.41, 5.74) is -1.18. The second kappa shape index (κ2) is 8.27. The Bertz CT molecular complexity index is 986. The molecule has 35 heavy (non-hydrogen) atoms. The molecule has 0 saturated heterocycles. The van der Waals surface area contributed by atoms with Crippen LogP contribution in [0.2, 0.25) is 0 Å². The van der Waals surface area contributed by atoms with Gasteiger partial charge in [0, 0.05) is 17.8 Å². The van der Waals surface area contributed by atoms with Gasteiger partial charge in [-0.05, 0) is 84.9 Å². The third-order valence-electron chi connectivity index (χ3n) is 11.6. The summed E-state index contributed by atoms with van der Waals surface area (Å²) in [5, 5.41) is 21.4. The molecule has 0 spiro atoms. The van der Waals surface area contributed by atoms with Gasteiger partial charge in [0.05, 0.1) is 11.2 Å². The van der Waals surface area contributed by atoms with Crippen LogP contribution in [-0.4, -0.2) is 22.3 Å². The molecule has 0 aliphatic heterocycles. The van der Waals surface area contributed by atoms with Gasteiger partial charge in [-0.3, -0.25) is 9.59 Å². The van der Waals surface area contributed by atoms with Gasteiger partial charge in [-0.1, -0.05) is 61.5 Å². The van der Waals surface area contributed by atoms with Crippen LogP contribution in [0.1, 0.15) is 107 Å². The number of carbonyl (C=O) groups excluding carboxylic acids is 2. The summed E-state index contributed by atoms with van der Waals surface area (Å²) < 4.78 is 0. The topological polar surface area (TPSA) is 78.2 Å². The van der Waals surface area contributed by atoms with E-state index in [4.69, 9.17) is 0 Å². The van der Waals surface area contributed by atoms with E-state index in [1.165, 1.54) is 0 Å².